The highest BCUT2D eigenvalue weighted by atomic mass is 32.2. The van der Waals surface area contributed by atoms with Crippen LogP contribution in [-0.4, -0.2) is 70.5 Å². The van der Waals surface area contributed by atoms with E-state index in [1.807, 2.05) is 5.32 Å². The Bertz CT molecular complexity index is 992. The van der Waals surface area contributed by atoms with Crippen LogP contribution in [0.2, 0.25) is 0 Å². The molecule has 11 nitrogen and oxygen atoms in total. The minimum Gasteiger partial charge on any atom is -0.480 e. The molecule has 1 aromatic heterocycles. The maximum absolute atomic E-state index is 13.1. The van der Waals surface area contributed by atoms with Crippen molar-refractivity contribution in [2.24, 2.45) is 0 Å². The van der Waals surface area contributed by atoms with Crippen LogP contribution in [0.1, 0.15) is 12.6 Å². The fourth-order valence-corrected chi connectivity index (χ4v) is 5.60. The van der Waals surface area contributed by atoms with Gasteiger partial charge in [0.25, 0.3) is 5.91 Å². The number of ether oxygens (including phenoxy) is 1. The normalized spacial score (nSPS) is 29.0. The highest BCUT2D eigenvalue weighted by molar-refractivity contribution is 7.94. The second-order valence-corrected chi connectivity index (χ2v) is 8.85. The molecule has 1 aromatic rings. The summed E-state index contributed by atoms with van der Waals surface area (Å²) in [5.41, 5.74) is 0.250. The molecule has 2 aliphatic heterocycles. The predicted molar refractivity (Wildman–Crippen MR) is 94.9 cm³/mol. The van der Waals surface area contributed by atoms with E-state index in [0.29, 0.717) is 12.0 Å². The van der Waals surface area contributed by atoms with Crippen LogP contribution in [0.15, 0.2) is 30.0 Å². The highest BCUT2D eigenvalue weighted by Gasteiger charge is 2.72. The van der Waals surface area contributed by atoms with Crippen LogP contribution >= 0.6 is 0 Å². The van der Waals surface area contributed by atoms with Gasteiger partial charge in [0, 0.05) is 6.20 Å². The SMILES string of the molecule is C[C@]1(COC(=O)NC=N)[C@H](C(=O)O)N2C(=O)/C(=C/c3ccccn3)[C@H]2S1(=O)=O. The monoisotopic (exact) mass is 408 g/mol. The largest absolute Gasteiger partial charge is 0.480 e. The number of hydrogen-bond acceptors (Lipinski definition) is 8. The van der Waals surface area contributed by atoms with Gasteiger partial charge in [-0.25, -0.2) is 18.0 Å². The maximum atomic E-state index is 13.1. The number of amides is 2. The van der Waals surface area contributed by atoms with Gasteiger partial charge in [0.1, 0.15) is 11.4 Å². The molecule has 148 valence electrons. The summed E-state index contributed by atoms with van der Waals surface area (Å²) in [7, 11) is -4.27. The van der Waals surface area contributed by atoms with Gasteiger partial charge in [-0.3, -0.25) is 20.5 Å². The number of aliphatic carboxylic acids is 1. The van der Waals surface area contributed by atoms with Gasteiger partial charge >= 0.3 is 12.1 Å². The van der Waals surface area contributed by atoms with Crippen molar-refractivity contribution in [3.05, 3.63) is 35.7 Å². The van der Waals surface area contributed by atoms with Crippen LogP contribution < -0.4 is 5.32 Å². The van der Waals surface area contributed by atoms with Crippen molar-refractivity contribution in [3.8, 4) is 0 Å². The number of carboxylic acid groups (broad SMARTS) is 1. The molecular formula is C16H16N4O7S. The van der Waals surface area contributed by atoms with Crippen LogP contribution in [0.5, 0.6) is 0 Å². The van der Waals surface area contributed by atoms with Crippen LogP contribution in [0.4, 0.5) is 4.79 Å². The Kier molecular flexibility index (Phi) is 4.67. The summed E-state index contributed by atoms with van der Waals surface area (Å²) in [6.45, 7) is 0.311. The van der Waals surface area contributed by atoms with E-state index in [9.17, 15) is 27.9 Å². The van der Waals surface area contributed by atoms with E-state index in [0.717, 1.165) is 11.8 Å². The first-order valence-corrected chi connectivity index (χ1v) is 9.53. The number of nitrogens with zero attached hydrogens (tertiary/aromatic N) is 2. The summed E-state index contributed by atoms with van der Waals surface area (Å²) in [5.74, 6) is -2.27. The number of rotatable bonds is 5. The van der Waals surface area contributed by atoms with Gasteiger partial charge in [-0.15, -0.1) is 0 Å². The van der Waals surface area contributed by atoms with Gasteiger partial charge in [0.05, 0.1) is 17.6 Å². The summed E-state index contributed by atoms with van der Waals surface area (Å²) >= 11 is 0. The van der Waals surface area contributed by atoms with Gasteiger partial charge in [-0.05, 0) is 25.1 Å². The van der Waals surface area contributed by atoms with Crippen molar-refractivity contribution in [3.63, 3.8) is 0 Å². The number of carboxylic acids is 1. The Morgan fingerprint density at radius 2 is 2.18 bits per heavy atom. The first kappa shape index (κ1) is 19.5. The molecule has 0 aromatic carbocycles. The lowest BCUT2D eigenvalue weighted by atomic mass is 9.94. The minimum atomic E-state index is -4.27. The van der Waals surface area contributed by atoms with Crippen LogP contribution in [0.3, 0.4) is 0 Å². The summed E-state index contributed by atoms with van der Waals surface area (Å²) in [4.78, 5) is 40.6. The van der Waals surface area contributed by atoms with E-state index in [4.69, 9.17) is 10.1 Å². The average molecular weight is 408 g/mol. The lowest BCUT2D eigenvalue weighted by Crippen LogP contribution is -2.59. The third-order valence-electron chi connectivity index (χ3n) is 4.71. The molecular weight excluding hydrogens is 392 g/mol. The maximum Gasteiger partial charge on any atom is 0.412 e. The molecule has 2 aliphatic rings. The second-order valence-electron chi connectivity index (χ2n) is 6.38. The average Bonchev–Trinajstić information content (AvgIpc) is 2.81. The number of aromatic nitrogens is 1. The van der Waals surface area contributed by atoms with E-state index in [-0.39, 0.29) is 5.57 Å². The number of sulfone groups is 1. The fraction of sp³-hybridized carbons (Fsp3) is 0.312. The molecule has 3 rings (SSSR count). The number of carbonyl (C=O) groups excluding carboxylic acids is 2. The Hall–Kier alpha value is -3.28. The van der Waals surface area contributed by atoms with Crippen molar-refractivity contribution >= 4 is 40.2 Å². The Morgan fingerprint density at radius 3 is 2.75 bits per heavy atom. The number of β-lactam (4-membered cyclic amide) rings is 1. The lowest BCUT2D eigenvalue weighted by Gasteiger charge is -2.37. The summed E-state index contributed by atoms with van der Waals surface area (Å²) in [5, 5.41) is 16.8. The summed E-state index contributed by atoms with van der Waals surface area (Å²) < 4.78 is 29.0. The number of hydrogen-bond donors (Lipinski definition) is 3. The first-order chi connectivity index (χ1) is 13.1. The predicted octanol–water partition coefficient (Wildman–Crippen LogP) is -0.393. The van der Waals surface area contributed by atoms with Gasteiger partial charge in [0.2, 0.25) is 0 Å². The van der Waals surface area contributed by atoms with Crippen molar-refractivity contribution in [1.29, 1.82) is 5.41 Å². The molecule has 2 amide bonds. The Labute approximate surface area is 159 Å². The van der Waals surface area contributed by atoms with E-state index < -0.39 is 50.6 Å². The Morgan fingerprint density at radius 1 is 1.46 bits per heavy atom. The van der Waals surface area contributed by atoms with Crippen LogP contribution in [-0.2, 0) is 24.2 Å². The molecule has 3 N–H and O–H groups in total. The molecule has 12 heteroatoms. The fourth-order valence-electron chi connectivity index (χ4n) is 3.32. The highest BCUT2D eigenvalue weighted by Crippen LogP contribution is 2.49. The number of pyridine rings is 1. The quantitative estimate of drug-likeness (QED) is 0.256. The van der Waals surface area contributed by atoms with Crippen molar-refractivity contribution in [2.45, 2.75) is 23.1 Å². The van der Waals surface area contributed by atoms with Gasteiger partial charge in [0.15, 0.2) is 21.3 Å². The van der Waals surface area contributed by atoms with E-state index >= 15 is 0 Å². The lowest BCUT2D eigenvalue weighted by molar-refractivity contribution is -0.153. The van der Waals surface area contributed by atoms with Crippen molar-refractivity contribution < 1.29 is 32.6 Å². The molecule has 0 saturated carbocycles. The summed E-state index contributed by atoms with van der Waals surface area (Å²) in [6, 6.07) is 3.15. The number of alkyl carbamates (subject to hydrolysis) is 1. The summed E-state index contributed by atoms with van der Waals surface area (Å²) in [6.07, 6.45) is 2.19. The zero-order valence-corrected chi connectivity index (χ0v) is 15.3. The van der Waals surface area contributed by atoms with Crippen LogP contribution in [0.25, 0.3) is 6.08 Å². The third kappa shape index (κ3) is 2.72. The van der Waals surface area contributed by atoms with E-state index in [1.54, 1.807) is 18.2 Å². The molecule has 0 unspecified atom stereocenters. The van der Waals surface area contributed by atoms with Gasteiger partial charge < -0.3 is 14.7 Å². The second kappa shape index (κ2) is 6.71. The topological polar surface area (TPSA) is 167 Å². The minimum absolute atomic E-state index is 0.0994. The number of carbonyl (C=O) groups is 3. The van der Waals surface area contributed by atoms with Crippen molar-refractivity contribution in [1.82, 2.24) is 15.2 Å². The zero-order chi connectivity index (χ0) is 20.7. The van der Waals surface area contributed by atoms with Gasteiger partial charge in [-0.2, -0.15) is 0 Å². The molecule has 3 atom stereocenters. The molecule has 2 fully saturated rings. The smallest absolute Gasteiger partial charge is 0.412 e. The van der Waals surface area contributed by atoms with Gasteiger partial charge in [-0.1, -0.05) is 6.07 Å². The number of fused-ring (bicyclic) bond motifs is 1. The Balaban J connectivity index is 2.01. The standard InChI is InChI=1S/C16H16N4O7S/c1-16(7-27-15(24)19-8-17)11(14(22)23)20-12(21)10(13(20)28(16,25)26)6-9-4-2-3-5-18-9/h2-6,8,11,13H,7H2,1H3,(H,22,23)(H2,17,19,24)/b10-6-/t11-,13+,16-/m0/s1. The van der Waals surface area contributed by atoms with Crippen molar-refractivity contribution in [2.75, 3.05) is 6.61 Å². The molecule has 0 spiro atoms. The molecule has 2 saturated heterocycles. The first-order valence-electron chi connectivity index (χ1n) is 7.99. The number of nitrogens with one attached hydrogen (secondary N) is 2. The molecule has 0 aliphatic carbocycles. The molecule has 0 radical (unpaired) electrons. The molecule has 0 bridgehead atoms. The molecule has 28 heavy (non-hydrogen) atoms. The molecule has 3 heterocycles. The zero-order valence-electron chi connectivity index (χ0n) is 14.5. The van der Waals surface area contributed by atoms with E-state index in [1.165, 1.54) is 12.3 Å². The van der Waals surface area contributed by atoms with Crippen LogP contribution in [0, 0.1) is 5.41 Å². The third-order valence-corrected chi connectivity index (χ3v) is 7.42. The van der Waals surface area contributed by atoms with E-state index in [2.05, 4.69) is 4.98 Å².